The van der Waals surface area contributed by atoms with Crippen molar-refractivity contribution in [2.24, 2.45) is 5.92 Å². The van der Waals surface area contributed by atoms with Gasteiger partial charge in [0.25, 0.3) is 0 Å². The molecule has 0 spiro atoms. The van der Waals surface area contributed by atoms with Crippen molar-refractivity contribution >= 4 is 11.6 Å². The van der Waals surface area contributed by atoms with E-state index in [9.17, 15) is 0 Å². The molecule has 0 unspecified atom stereocenters. The Bertz CT molecular complexity index is 90.4. The number of alkyl halides is 1. The van der Waals surface area contributed by atoms with Gasteiger partial charge in [0.15, 0.2) is 0 Å². The highest BCUT2D eigenvalue weighted by Gasteiger charge is 2.51. The zero-order chi connectivity index (χ0) is 4.91. The third kappa shape index (κ3) is 0.346. The second kappa shape index (κ2) is 0.997. The second-order valence-corrected chi connectivity index (χ2v) is 3.56. The van der Waals surface area contributed by atoms with Gasteiger partial charge < -0.3 is 0 Å². The van der Waals surface area contributed by atoms with Crippen LogP contribution in [0.4, 0.5) is 0 Å². The molecule has 2 rings (SSSR count). The predicted octanol–water partition coefficient (Wildman–Crippen LogP) is 2.17. The first kappa shape index (κ1) is 4.20. The molecular weight excluding hydrogens is 108 g/mol. The quantitative estimate of drug-likeness (QED) is 0.426. The molecule has 7 heavy (non-hydrogen) atoms. The molecule has 0 nitrogen and oxygen atoms in total. The van der Waals surface area contributed by atoms with Gasteiger partial charge in [-0.3, -0.25) is 0 Å². The number of rotatable bonds is 0. The Labute approximate surface area is 48.9 Å². The van der Waals surface area contributed by atoms with E-state index >= 15 is 0 Å². The molecule has 0 heterocycles. The van der Waals surface area contributed by atoms with E-state index in [-0.39, 0.29) is 0 Å². The fourth-order valence-corrected chi connectivity index (χ4v) is 2.03. The molecule has 0 aromatic heterocycles. The standard InChI is InChI=1S/C6H9Cl/c7-6-3-1-5(6)2-4-6/h5H,1-4H2. The summed E-state index contributed by atoms with van der Waals surface area (Å²) in [6, 6.07) is 0. The highest BCUT2D eigenvalue weighted by Crippen LogP contribution is 2.58. The van der Waals surface area contributed by atoms with Crippen molar-refractivity contribution in [3.8, 4) is 0 Å². The van der Waals surface area contributed by atoms with Crippen molar-refractivity contribution in [3.05, 3.63) is 0 Å². The van der Waals surface area contributed by atoms with Gasteiger partial charge in [-0.25, -0.2) is 0 Å². The van der Waals surface area contributed by atoms with E-state index in [1.807, 2.05) is 0 Å². The van der Waals surface area contributed by atoms with Gasteiger partial charge in [-0.2, -0.15) is 0 Å². The lowest BCUT2D eigenvalue weighted by molar-refractivity contribution is 0.0857. The SMILES string of the molecule is ClC12CCC1CC2. The summed E-state index contributed by atoms with van der Waals surface area (Å²) < 4.78 is 0. The Balaban J connectivity index is 2.12. The summed E-state index contributed by atoms with van der Waals surface area (Å²) in [7, 11) is 0. The third-order valence-corrected chi connectivity index (χ3v) is 3.24. The second-order valence-electron chi connectivity index (χ2n) is 2.81. The van der Waals surface area contributed by atoms with Crippen LogP contribution in [0.5, 0.6) is 0 Å². The first-order chi connectivity index (χ1) is 3.31. The smallest absolute Gasteiger partial charge is 0.0475 e. The summed E-state index contributed by atoms with van der Waals surface area (Å²) in [6.07, 6.45) is 5.39. The fourth-order valence-electron chi connectivity index (χ4n) is 1.59. The summed E-state index contributed by atoms with van der Waals surface area (Å²) in [5.41, 5.74) is 0. The summed E-state index contributed by atoms with van der Waals surface area (Å²) >= 11 is 6.04. The molecular formula is C6H9Cl. The Hall–Kier alpha value is 0.290. The molecule has 0 saturated heterocycles. The number of halogens is 1. The molecule has 2 saturated carbocycles. The minimum Gasteiger partial charge on any atom is -0.119 e. The van der Waals surface area contributed by atoms with Gasteiger partial charge >= 0.3 is 0 Å². The first-order valence-corrected chi connectivity index (χ1v) is 3.38. The van der Waals surface area contributed by atoms with Crippen LogP contribution in [0.15, 0.2) is 0 Å². The Kier molecular flexibility index (Phi) is 0.597. The van der Waals surface area contributed by atoms with Crippen molar-refractivity contribution in [1.82, 2.24) is 0 Å². The molecule has 1 heteroatoms. The molecule has 0 atom stereocenters. The van der Waals surface area contributed by atoms with E-state index in [0.29, 0.717) is 4.87 Å². The number of fused-ring (bicyclic) bond motifs is 1. The van der Waals surface area contributed by atoms with Crippen molar-refractivity contribution in [3.63, 3.8) is 0 Å². The van der Waals surface area contributed by atoms with Crippen LogP contribution < -0.4 is 0 Å². The van der Waals surface area contributed by atoms with Crippen molar-refractivity contribution < 1.29 is 0 Å². The van der Waals surface area contributed by atoms with Crippen LogP contribution in [0.3, 0.4) is 0 Å². The number of hydrogen-bond donors (Lipinski definition) is 0. The molecule has 2 fully saturated rings. The summed E-state index contributed by atoms with van der Waals surface area (Å²) in [6.45, 7) is 0. The first-order valence-electron chi connectivity index (χ1n) is 3.00. The van der Waals surface area contributed by atoms with Crippen LogP contribution in [0, 0.1) is 5.92 Å². The van der Waals surface area contributed by atoms with Crippen LogP contribution in [-0.2, 0) is 0 Å². The van der Waals surface area contributed by atoms with E-state index < -0.39 is 0 Å². The molecule has 40 valence electrons. The summed E-state index contributed by atoms with van der Waals surface area (Å²) in [5.74, 6) is 0.925. The average Bonchev–Trinajstić information content (AvgIpc) is 1.67. The Morgan fingerprint density at radius 3 is 1.71 bits per heavy atom. The maximum Gasteiger partial charge on any atom is 0.0475 e. The Morgan fingerprint density at radius 2 is 1.71 bits per heavy atom. The molecule has 0 bridgehead atoms. The monoisotopic (exact) mass is 116 g/mol. The fraction of sp³-hybridized carbons (Fsp3) is 1.00. The molecule has 2 aliphatic rings. The van der Waals surface area contributed by atoms with E-state index in [2.05, 4.69) is 0 Å². The van der Waals surface area contributed by atoms with Gasteiger partial charge in [-0.15, -0.1) is 11.6 Å². The Morgan fingerprint density at radius 1 is 1.29 bits per heavy atom. The number of hydrogen-bond acceptors (Lipinski definition) is 0. The van der Waals surface area contributed by atoms with Crippen LogP contribution in [0.25, 0.3) is 0 Å². The molecule has 2 aliphatic carbocycles. The minimum atomic E-state index is 0.333. The normalized spacial score (nSPS) is 57.0. The molecule has 0 N–H and O–H groups in total. The molecule has 0 aromatic carbocycles. The molecule has 0 aromatic rings. The van der Waals surface area contributed by atoms with E-state index in [0.717, 1.165) is 5.92 Å². The average molecular weight is 117 g/mol. The highest BCUT2D eigenvalue weighted by molar-refractivity contribution is 6.25. The van der Waals surface area contributed by atoms with Crippen LogP contribution >= 0.6 is 11.6 Å². The van der Waals surface area contributed by atoms with Gasteiger partial charge in [0.1, 0.15) is 0 Å². The van der Waals surface area contributed by atoms with Crippen LogP contribution in [0.2, 0.25) is 0 Å². The van der Waals surface area contributed by atoms with Gasteiger partial charge in [0.05, 0.1) is 0 Å². The van der Waals surface area contributed by atoms with Gasteiger partial charge in [0.2, 0.25) is 0 Å². The lowest BCUT2D eigenvalue weighted by Crippen LogP contribution is -2.50. The summed E-state index contributed by atoms with van der Waals surface area (Å²) in [5, 5.41) is 0. The van der Waals surface area contributed by atoms with Gasteiger partial charge in [-0.1, -0.05) is 0 Å². The van der Waals surface area contributed by atoms with Gasteiger partial charge in [0, 0.05) is 4.87 Å². The van der Waals surface area contributed by atoms with Gasteiger partial charge in [-0.05, 0) is 31.6 Å². The maximum atomic E-state index is 6.04. The van der Waals surface area contributed by atoms with Crippen LogP contribution in [0.1, 0.15) is 25.7 Å². The highest BCUT2D eigenvalue weighted by atomic mass is 35.5. The zero-order valence-corrected chi connectivity index (χ0v) is 5.04. The lowest BCUT2D eigenvalue weighted by atomic mass is 9.59. The topological polar surface area (TPSA) is 0 Å². The molecule has 0 radical (unpaired) electrons. The largest absolute Gasteiger partial charge is 0.119 e. The summed E-state index contributed by atoms with van der Waals surface area (Å²) in [4.78, 5) is 0.333. The van der Waals surface area contributed by atoms with Crippen LogP contribution in [-0.4, -0.2) is 4.87 Å². The van der Waals surface area contributed by atoms with Crippen molar-refractivity contribution in [2.75, 3.05) is 0 Å². The molecule has 0 amide bonds. The van der Waals surface area contributed by atoms with E-state index in [1.165, 1.54) is 25.7 Å². The molecule has 0 aliphatic heterocycles. The predicted molar refractivity (Wildman–Crippen MR) is 30.5 cm³/mol. The zero-order valence-electron chi connectivity index (χ0n) is 4.28. The van der Waals surface area contributed by atoms with Crippen molar-refractivity contribution in [2.45, 2.75) is 30.6 Å². The third-order valence-electron chi connectivity index (χ3n) is 2.55. The van der Waals surface area contributed by atoms with E-state index in [4.69, 9.17) is 11.6 Å². The minimum absolute atomic E-state index is 0.333. The van der Waals surface area contributed by atoms with E-state index in [1.54, 1.807) is 0 Å². The maximum absolute atomic E-state index is 6.04. The lowest BCUT2D eigenvalue weighted by Gasteiger charge is -2.54. The van der Waals surface area contributed by atoms with Crippen molar-refractivity contribution in [1.29, 1.82) is 0 Å².